The number of nitrogens with one attached hydrogen (secondary N) is 1. The van der Waals surface area contributed by atoms with Gasteiger partial charge in [0.25, 0.3) is 0 Å². The van der Waals surface area contributed by atoms with E-state index in [0.717, 1.165) is 62.9 Å². The lowest BCUT2D eigenvalue weighted by Gasteiger charge is -2.67. The third-order valence-corrected chi connectivity index (χ3v) is 16.4. The van der Waals surface area contributed by atoms with E-state index in [9.17, 15) is 9.90 Å². The highest BCUT2D eigenvalue weighted by molar-refractivity contribution is 7.22. The zero-order chi connectivity index (χ0) is 41.2. The van der Waals surface area contributed by atoms with E-state index in [0.29, 0.717) is 51.8 Å². The molecule has 12 heteroatoms. The maximum Gasteiger partial charge on any atom is 0.355 e. The number of rotatable bonds is 11. The molecule has 1 saturated heterocycles. The molecule has 4 aromatic heterocycles. The zero-order valence-corrected chi connectivity index (χ0v) is 36.8. The SMILES string of the molecule is Cc1c(Nc2nc3ccccc3s2)nnc2c1CCCN2c1ccc(-c2cnn(CC3CC4(C)CC5(C)CCC3C(CCCN3CCCCCC3)(C5)C4)c2C)c(C(=O)O)n1. The summed E-state index contributed by atoms with van der Waals surface area (Å²) in [5.41, 5.74) is 6.80. The minimum Gasteiger partial charge on any atom is -0.476 e. The van der Waals surface area contributed by atoms with Crippen molar-refractivity contribution in [2.75, 3.05) is 36.4 Å². The van der Waals surface area contributed by atoms with Crippen LogP contribution in [0.4, 0.5) is 22.6 Å². The van der Waals surface area contributed by atoms with Crippen LogP contribution in [0.1, 0.15) is 125 Å². The molecular weight excluding hydrogens is 767 g/mol. The Morgan fingerprint density at radius 2 is 1.75 bits per heavy atom. The number of aromatic nitrogens is 6. The molecule has 6 heterocycles. The van der Waals surface area contributed by atoms with E-state index in [4.69, 9.17) is 20.2 Å². The Labute approximate surface area is 358 Å². The van der Waals surface area contributed by atoms with Crippen molar-refractivity contribution in [3.05, 3.63) is 65.1 Å². The number of hydrogen-bond donors (Lipinski definition) is 2. The summed E-state index contributed by atoms with van der Waals surface area (Å²) in [7, 11) is 0. The first-order valence-corrected chi connectivity index (χ1v) is 23.6. The monoisotopic (exact) mass is 827 g/mol. The minimum atomic E-state index is -1.05. The van der Waals surface area contributed by atoms with Gasteiger partial charge in [0.2, 0.25) is 0 Å². The molecule has 10 rings (SSSR count). The zero-order valence-electron chi connectivity index (χ0n) is 36.0. The van der Waals surface area contributed by atoms with Gasteiger partial charge < -0.3 is 20.2 Å². The van der Waals surface area contributed by atoms with Gasteiger partial charge in [-0.25, -0.2) is 14.8 Å². The van der Waals surface area contributed by atoms with E-state index in [1.54, 1.807) is 11.3 Å². The van der Waals surface area contributed by atoms with Gasteiger partial charge in [0.15, 0.2) is 22.5 Å². The molecule has 316 valence electrons. The topological polar surface area (TPSA) is 125 Å². The fourth-order valence-electron chi connectivity index (χ4n) is 13.4. The molecule has 3 bridgehead atoms. The second kappa shape index (κ2) is 15.5. The second-order valence-corrected chi connectivity index (χ2v) is 21.1. The highest BCUT2D eigenvalue weighted by Gasteiger charge is 2.61. The molecule has 60 heavy (non-hydrogen) atoms. The number of carboxylic acids is 1. The van der Waals surface area contributed by atoms with Gasteiger partial charge in [0.05, 0.1) is 16.4 Å². The maximum atomic E-state index is 13.0. The average molecular weight is 828 g/mol. The first-order chi connectivity index (χ1) is 29.0. The van der Waals surface area contributed by atoms with Gasteiger partial charge in [-0.2, -0.15) is 5.10 Å². The second-order valence-electron chi connectivity index (χ2n) is 20.0. The molecule has 0 spiro atoms. The Kier molecular flexibility index (Phi) is 10.2. The number of fused-ring (bicyclic) bond motifs is 4. The number of aromatic carboxylic acids is 1. The fourth-order valence-corrected chi connectivity index (χ4v) is 14.3. The van der Waals surface area contributed by atoms with E-state index in [1.165, 1.54) is 96.7 Å². The van der Waals surface area contributed by atoms with Gasteiger partial charge in [-0.05, 0) is 163 Å². The molecule has 1 aromatic carbocycles. The normalized spacial score (nSPS) is 27.8. The molecule has 4 fully saturated rings. The number of thiazole rings is 1. The fraction of sp³-hybridized carbons (Fsp3) is 0.583. The third kappa shape index (κ3) is 7.29. The molecule has 3 aliphatic carbocycles. The van der Waals surface area contributed by atoms with Crippen LogP contribution in [0.5, 0.6) is 0 Å². The first kappa shape index (κ1) is 39.7. The molecule has 5 atom stereocenters. The molecular formula is C48H61N9O2S. The Bertz CT molecular complexity index is 2380. The van der Waals surface area contributed by atoms with Gasteiger partial charge >= 0.3 is 5.97 Å². The lowest BCUT2D eigenvalue weighted by molar-refractivity contribution is -0.169. The van der Waals surface area contributed by atoms with Crippen molar-refractivity contribution in [3.63, 3.8) is 0 Å². The molecule has 5 aliphatic rings. The number of carbonyl (C=O) groups is 1. The highest BCUT2D eigenvalue weighted by atomic mass is 32.1. The van der Waals surface area contributed by atoms with Crippen molar-refractivity contribution in [3.8, 4) is 11.1 Å². The largest absolute Gasteiger partial charge is 0.476 e. The summed E-state index contributed by atoms with van der Waals surface area (Å²) < 4.78 is 3.31. The lowest BCUT2D eigenvalue weighted by Crippen LogP contribution is -2.58. The summed E-state index contributed by atoms with van der Waals surface area (Å²) in [5, 5.41) is 29.1. The molecule has 11 nitrogen and oxygen atoms in total. The van der Waals surface area contributed by atoms with Crippen LogP contribution >= 0.6 is 11.3 Å². The Morgan fingerprint density at radius 3 is 2.57 bits per heavy atom. The van der Waals surface area contributed by atoms with Crippen molar-refractivity contribution in [1.82, 2.24) is 34.8 Å². The number of para-hydroxylation sites is 1. The van der Waals surface area contributed by atoms with E-state index < -0.39 is 5.97 Å². The quantitative estimate of drug-likeness (QED) is 0.133. The van der Waals surface area contributed by atoms with E-state index in [2.05, 4.69) is 53.8 Å². The summed E-state index contributed by atoms with van der Waals surface area (Å²) >= 11 is 1.59. The summed E-state index contributed by atoms with van der Waals surface area (Å²) in [6.07, 6.45) is 19.8. The number of benzene rings is 1. The predicted octanol–water partition coefficient (Wildman–Crippen LogP) is 10.8. The number of pyridine rings is 1. The number of anilines is 4. The van der Waals surface area contributed by atoms with Crippen LogP contribution in [0.15, 0.2) is 42.6 Å². The van der Waals surface area contributed by atoms with Crippen molar-refractivity contribution in [2.24, 2.45) is 28.1 Å². The standard InChI is InChI=1S/C48H61N9O2S/c1-31-34-13-11-24-56(43(34)54-53-42(31)52-45-50-38-14-7-8-15-39(38)60-45)40-17-16-35(41(51-40)44(58)59)36-26-49-57(32(36)2)27-33-25-47(4)28-46(3)20-18-37(33)48(29-46,30-47)19-12-23-55-21-9-5-6-10-22-55/h7-8,14-17,26,33,37H,5-6,9-13,18-25,27-30H2,1-4H3,(H,58,59)(H,50,52,53). The van der Waals surface area contributed by atoms with Crippen LogP contribution in [0.2, 0.25) is 0 Å². The van der Waals surface area contributed by atoms with Crippen LogP contribution in [-0.4, -0.2) is 72.1 Å². The van der Waals surface area contributed by atoms with E-state index in [-0.39, 0.29) is 5.69 Å². The molecule has 5 unspecified atom stereocenters. The summed E-state index contributed by atoms with van der Waals surface area (Å²) in [5.74, 6) is 2.21. The molecule has 2 N–H and O–H groups in total. The van der Waals surface area contributed by atoms with Crippen LogP contribution in [0.3, 0.4) is 0 Å². The lowest BCUT2D eigenvalue weighted by atomic mass is 9.38. The Balaban J connectivity index is 0.889. The van der Waals surface area contributed by atoms with E-state index in [1.807, 2.05) is 41.4 Å². The van der Waals surface area contributed by atoms with Crippen LogP contribution < -0.4 is 10.2 Å². The summed E-state index contributed by atoms with van der Waals surface area (Å²) in [6, 6.07) is 11.9. The van der Waals surface area contributed by atoms with Gasteiger partial charge in [-0.3, -0.25) is 4.68 Å². The minimum absolute atomic E-state index is 0.0377. The van der Waals surface area contributed by atoms with Crippen molar-refractivity contribution in [1.29, 1.82) is 0 Å². The molecule has 3 saturated carbocycles. The smallest absolute Gasteiger partial charge is 0.355 e. The Morgan fingerprint density at radius 1 is 0.933 bits per heavy atom. The van der Waals surface area contributed by atoms with Crippen molar-refractivity contribution >= 4 is 50.1 Å². The maximum absolute atomic E-state index is 13.0. The van der Waals surface area contributed by atoms with Gasteiger partial charge in [0, 0.05) is 41.0 Å². The number of likely N-dealkylation sites (tertiary alicyclic amines) is 1. The first-order valence-electron chi connectivity index (χ1n) is 22.7. The van der Waals surface area contributed by atoms with Crippen LogP contribution in [0.25, 0.3) is 21.3 Å². The molecule has 2 aliphatic heterocycles. The number of nitrogens with zero attached hydrogens (tertiary/aromatic N) is 8. The average Bonchev–Trinajstić information content (AvgIpc) is 3.69. The van der Waals surface area contributed by atoms with Gasteiger partial charge in [0.1, 0.15) is 5.82 Å². The summed E-state index contributed by atoms with van der Waals surface area (Å²) in [4.78, 5) is 27.3. The predicted molar refractivity (Wildman–Crippen MR) is 240 cm³/mol. The number of hydrogen-bond acceptors (Lipinski definition) is 10. The van der Waals surface area contributed by atoms with Gasteiger partial charge in [-0.1, -0.05) is 50.2 Å². The van der Waals surface area contributed by atoms with Gasteiger partial charge in [-0.15, -0.1) is 10.2 Å². The van der Waals surface area contributed by atoms with Crippen molar-refractivity contribution < 1.29 is 9.90 Å². The van der Waals surface area contributed by atoms with Crippen LogP contribution in [0, 0.1) is 41.9 Å². The van der Waals surface area contributed by atoms with Crippen molar-refractivity contribution in [2.45, 2.75) is 124 Å². The number of carboxylic acid groups (broad SMARTS) is 1. The molecule has 0 amide bonds. The van der Waals surface area contributed by atoms with Crippen LogP contribution in [-0.2, 0) is 13.0 Å². The Hall–Kier alpha value is -4.42. The molecule has 0 radical (unpaired) electrons. The highest BCUT2D eigenvalue weighted by Crippen LogP contribution is 2.71. The molecule has 5 aromatic rings. The third-order valence-electron chi connectivity index (χ3n) is 15.5. The van der Waals surface area contributed by atoms with E-state index >= 15 is 0 Å². The summed E-state index contributed by atoms with van der Waals surface area (Å²) in [6.45, 7) is 14.8.